The Labute approximate surface area is 109 Å². The molecule has 0 amide bonds. The molecule has 18 heavy (non-hydrogen) atoms. The summed E-state index contributed by atoms with van der Waals surface area (Å²) in [6.07, 6.45) is 1.93. The number of nitrogens with zero attached hydrogens (tertiary/aromatic N) is 3. The highest BCUT2D eigenvalue weighted by Gasteiger charge is 2.40. The van der Waals surface area contributed by atoms with Crippen LogP contribution >= 0.6 is 0 Å². The number of carbonyl (C=O) groups is 1. The molecule has 1 N–H and O–H groups in total. The fourth-order valence-corrected chi connectivity index (χ4v) is 2.87. The first kappa shape index (κ1) is 13.8. The molecule has 2 aliphatic rings. The third kappa shape index (κ3) is 3.22. The van der Waals surface area contributed by atoms with Crippen LogP contribution in [-0.2, 0) is 4.79 Å². The minimum absolute atomic E-state index is 0.113. The summed E-state index contributed by atoms with van der Waals surface area (Å²) in [6, 6.07) is 0.304. The van der Waals surface area contributed by atoms with Crippen molar-refractivity contribution >= 4 is 5.97 Å². The first-order valence-electron chi connectivity index (χ1n) is 6.92. The number of carboxylic acids is 1. The van der Waals surface area contributed by atoms with Gasteiger partial charge < -0.3 is 10.0 Å². The first-order chi connectivity index (χ1) is 8.58. The van der Waals surface area contributed by atoms with Gasteiger partial charge in [-0.1, -0.05) is 0 Å². The molecule has 0 aromatic rings. The Bertz CT molecular complexity index is 288. The molecule has 0 bridgehead atoms. The van der Waals surface area contributed by atoms with E-state index in [1.165, 1.54) is 0 Å². The van der Waals surface area contributed by atoms with Crippen molar-refractivity contribution in [1.29, 1.82) is 0 Å². The van der Waals surface area contributed by atoms with E-state index in [-0.39, 0.29) is 5.92 Å². The Hall–Kier alpha value is -0.650. The summed E-state index contributed by atoms with van der Waals surface area (Å²) >= 11 is 0. The molecule has 1 aliphatic carbocycles. The molecule has 5 heteroatoms. The fraction of sp³-hybridized carbons (Fsp3) is 0.923. The van der Waals surface area contributed by atoms with E-state index in [1.807, 2.05) is 0 Å². The van der Waals surface area contributed by atoms with Gasteiger partial charge in [0.2, 0.25) is 0 Å². The Morgan fingerprint density at radius 1 is 1.22 bits per heavy atom. The maximum atomic E-state index is 11.0. The van der Waals surface area contributed by atoms with E-state index in [0.29, 0.717) is 6.04 Å². The number of hydrogen-bond acceptors (Lipinski definition) is 4. The van der Waals surface area contributed by atoms with Gasteiger partial charge in [-0.2, -0.15) is 0 Å². The summed E-state index contributed by atoms with van der Waals surface area (Å²) in [5.74, 6) is -0.723. The molecule has 5 nitrogen and oxygen atoms in total. The van der Waals surface area contributed by atoms with Crippen molar-refractivity contribution in [3.8, 4) is 0 Å². The van der Waals surface area contributed by atoms with Gasteiger partial charge in [-0.3, -0.25) is 14.6 Å². The second-order valence-corrected chi connectivity index (χ2v) is 5.77. The zero-order valence-corrected chi connectivity index (χ0v) is 11.5. The van der Waals surface area contributed by atoms with Crippen molar-refractivity contribution < 1.29 is 9.90 Å². The van der Waals surface area contributed by atoms with Gasteiger partial charge in [0.1, 0.15) is 0 Å². The lowest BCUT2D eigenvalue weighted by Crippen LogP contribution is -2.57. The van der Waals surface area contributed by atoms with E-state index in [2.05, 4.69) is 28.8 Å². The highest BCUT2D eigenvalue weighted by Crippen LogP contribution is 2.32. The molecule has 2 atom stereocenters. The van der Waals surface area contributed by atoms with E-state index < -0.39 is 5.97 Å². The van der Waals surface area contributed by atoms with Crippen LogP contribution in [0.5, 0.6) is 0 Å². The number of aliphatic carboxylic acids is 1. The zero-order chi connectivity index (χ0) is 13.1. The number of likely N-dealkylation sites (N-methyl/N-ethyl adjacent to an activating group) is 1. The average Bonchev–Trinajstić information content (AvgIpc) is 2.25. The van der Waals surface area contributed by atoms with Crippen molar-refractivity contribution in [3.05, 3.63) is 0 Å². The zero-order valence-electron chi connectivity index (χ0n) is 11.5. The average molecular weight is 255 g/mol. The molecular formula is C13H25N3O2. The third-order valence-electron chi connectivity index (χ3n) is 4.29. The molecule has 1 aliphatic heterocycles. The van der Waals surface area contributed by atoms with E-state index in [0.717, 1.165) is 52.1 Å². The first-order valence-corrected chi connectivity index (χ1v) is 6.92. The monoisotopic (exact) mass is 255 g/mol. The van der Waals surface area contributed by atoms with Crippen molar-refractivity contribution in [2.75, 3.05) is 53.4 Å². The van der Waals surface area contributed by atoms with Gasteiger partial charge in [-0.25, -0.2) is 0 Å². The Morgan fingerprint density at radius 2 is 1.89 bits per heavy atom. The number of carboxylic acid groups (broad SMARTS) is 1. The molecule has 0 aromatic heterocycles. The lowest BCUT2D eigenvalue weighted by Gasteiger charge is -2.46. The van der Waals surface area contributed by atoms with Crippen molar-refractivity contribution in [2.45, 2.75) is 18.9 Å². The van der Waals surface area contributed by atoms with E-state index >= 15 is 0 Å². The lowest BCUT2D eigenvalue weighted by molar-refractivity contribution is -0.149. The second-order valence-electron chi connectivity index (χ2n) is 5.77. The summed E-state index contributed by atoms with van der Waals surface area (Å²) in [5.41, 5.74) is 0. The van der Waals surface area contributed by atoms with Gasteiger partial charge in [0.05, 0.1) is 5.92 Å². The van der Waals surface area contributed by atoms with Gasteiger partial charge in [0, 0.05) is 45.3 Å². The van der Waals surface area contributed by atoms with Crippen LogP contribution in [0.1, 0.15) is 12.8 Å². The van der Waals surface area contributed by atoms with Gasteiger partial charge in [0.15, 0.2) is 0 Å². The van der Waals surface area contributed by atoms with E-state index in [9.17, 15) is 4.79 Å². The fourth-order valence-electron chi connectivity index (χ4n) is 2.87. The highest BCUT2D eigenvalue weighted by atomic mass is 16.4. The lowest BCUT2D eigenvalue weighted by atomic mass is 9.78. The summed E-state index contributed by atoms with van der Waals surface area (Å²) < 4.78 is 0. The number of rotatable bonds is 5. The third-order valence-corrected chi connectivity index (χ3v) is 4.29. The van der Waals surface area contributed by atoms with Gasteiger partial charge in [-0.05, 0) is 26.9 Å². The Morgan fingerprint density at radius 3 is 2.33 bits per heavy atom. The Balaban J connectivity index is 1.72. The smallest absolute Gasteiger partial charge is 0.308 e. The number of piperazine rings is 1. The van der Waals surface area contributed by atoms with Crippen LogP contribution in [0.4, 0.5) is 0 Å². The largest absolute Gasteiger partial charge is 0.481 e. The van der Waals surface area contributed by atoms with Crippen LogP contribution in [0.25, 0.3) is 0 Å². The van der Waals surface area contributed by atoms with Crippen LogP contribution in [0.2, 0.25) is 0 Å². The maximum Gasteiger partial charge on any atom is 0.308 e. The molecule has 2 fully saturated rings. The summed E-state index contributed by atoms with van der Waals surface area (Å²) in [4.78, 5) is 18.1. The van der Waals surface area contributed by atoms with E-state index in [1.54, 1.807) is 0 Å². The molecule has 2 rings (SSSR count). The van der Waals surface area contributed by atoms with Crippen molar-refractivity contribution in [3.63, 3.8) is 0 Å². The van der Waals surface area contributed by atoms with Crippen molar-refractivity contribution in [1.82, 2.24) is 14.7 Å². The molecule has 2 unspecified atom stereocenters. The molecule has 0 radical (unpaired) electrons. The van der Waals surface area contributed by atoms with Crippen LogP contribution in [-0.4, -0.2) is 85.2 Å². The molecule has 1 heterocycles. The van der Waals surface area contributed by atoms with Crippen LogP contribution in [0.3, 0.4) is 0 Å². The van der Waals surface area contributed by atoms with Gasteiger partial charge >= 0.3 is 5.97 Å². The van der Waals surface area contributed by atoms with Crippen LogP contribution < -0.4 is 0 Å². The van der Waals surface area contributed by atoms with Gasteiger partial charge in [-0.15, -0.1) is 0 Å². The summed E-state index contributed by atoms with van der Waals surface area (Å²) in [5, 5.41) is 9.09. The van der Waals surface area contributed by atoms with E-state index in [4.69, 9.17) is 5.11 Å². The molecule has 0 aromatic carbocycles. The van der Waals surface area contributed by atoms with Gasteiger partial charge in [0.25, 0.3) is 0 Å². The molecule has 1 saturated carbocycles. The topological polar surface area (TPSA) is 47.0 Å². The second kappa shape index (κ2) is 5.99. The van der Waals surface area contributed by atoms with Crippen LogP contribution in [0.15, 0.2) is 0 Å². The quantitative estimate of drug-likeness (QED) is 0.751. The predicted octanol–water partition coefficient (Wildman–Crippen LogP) is 0.0288. The number of hydrogen-bond donors (Lipinski definition) is 1. The summed E-state index contributed by atoms with van der Waals surface area (Å²) in [6.45, 7) is 6.44. The molecule has 104 valence electrons. The van der Waals surface area contributed by atoms with Crippen molar-refractivity contribution in [2.24, 2.45) is 5.92 Å². The minimum atomic E-state index is -0.610. The molecule has 0 spiro atoms. The highest BCUT2D eigenvalue weighted by molar-refractivity contribution is 5.72. The molecule has 1 saturated heterocycles. The maximum absolute atomic E-state index is 11.0. The molecular weight excluding hydrogens is 230 g/mol. The summed E-state index contributed by atoms with van der Waals surface area (Å²) in [7, 11) is 4.20. The minimum Gasteiger partial charge on any atom is -0.481 e. The van der Waals surface area contributed by atoms with Crippen LogP contribution in [0, 0.1) is 5.92 Å². The normalized spacial score (nSPS) is 30.4. The predicted molar refractivity (Wildman–Crippen MR) is 70.7 cm³/mol. The SMILES string of the molecule is CN(C)CCN1CCN(C2CCC2C(=O)O)CC1. The standard InChI is InChI=1S/C13H25N3O2/c1-14(2)5-6-15-7-9-16(10-8-15)12-4-3-11(12)13(17)18/h11-12H,3-10H2,1-2H3,(H,17,18). The Kier molecular flexibility index (Phi) is 4.59.